The normalized spacial score (nSPS) is 16.4. The number of carbonyl (C=O) groups excluding carboxylic acids is 4. The van der Waals surface area contributed by atoms with Crippen molar-refractivity contribution in [1.82, 2.24) is 9.80 Å². The minimum Gasteiger partial charge on any atom is -0.493 e. The molecular formula is C25H24N4O9S. The van der Waals surface area contributed by atoms with Gasteiger partial charge < -0.3 is 24.4 Å². The van der Waals surface area contributed by atoms with Crippen LogP contribution in [0.1, 0.15) is 5.56 Å². The van der Waals surface area contributed by atoms with E-state index < -0.39 is 28.6 Å². The smallest absolute Gasteiger partial charge is 0.294 e. The summed E-state index contributed by atoms with van der Waals surface area (Å²) in [6.07, 6.45) is 1.51. The van der Waals surface area contributed by atoms with Crippen LogP contribution in [0.2, 0.25) is 0 Å². The first-order valence-electron chi connectivity index (χ1n) is 11.7. The Balaban J connectivity index is 1.38. The Kier molecular flexibility index (Phi) is 8.78. The maximum absolute atomic E-state index is 12.8. The number of rotatable bonds is 9. The SMILES string of the molecule is COc1cc(/C=C2\SC(=O)N(CC(=O)N3CCOCC3)C2=O)ccc1OCC(=O)Nc1cccc([N+](=O)[O-])c1. The molecule has 2 aliphatic heterocycles. The van der Waals surface area contributed by atoms with Gasteiger partial charge in [-0.15, -0.1) is 0 Å². The topological polar surface area (TPSA) is 158 Å². The number of carbonyl (C=O) groups is 4. The zero-order chi connectivity index (χ0) is 27.9. The van der Waals surface area contributed by atoms with Crippen molar-refractivity contribution in [3.63, 3.8) is 0 Å². The van der Waals surface area contributed by atoms with E-state index in [1.807, 2.05) is 0 Å². The lowest BCUT2D eigenvalue weighted by atomic mass is 10.2. The third-order valence-corrected chi connectivity index (χ3v) is 6.62. The van der Waals surface area contributed by atoms with Gasteiger partial charge in [0.15, 0.2) is 18.1 Å². The van der Waals surface area contributed by atoms with Gasteiger partial charge in [-0.1, -0.05) is 12.1 Å². The van der Waals surface area contributed by atoms with Crippen LogP contribution < -0.4 is 14.8 Å². The molecule has 0 atom stereocenters. The number of thioether (sulfide) groups is 1. The molecule has 0 saturated carbocycles. The van der Waals surface area contributed by atoms with Crippen LogP contribution in [0.4, 0.5) is 16.2 Å². The van der Waals surface area contributed by atoms with E-state index in [0.29, 0.717) is 31.9 Å². The Morgan fingerprint density at radius 1 is 1.15 bits per heavy atom. The lowest BCUT2D eigenvalue weighted by Gasteiger charge is -2.28. The molecule has 2 saturated heterocycles. The van der Waals surface area contributed by atoms with Crippen molar-refractivity contribution in [2.75, 3.05) is 51.9 Å². The summed E-state index contributed by atoms with van der Waals surface area (Å²) >= 11 is 0.737. The number of nitro benzene ring substituents is 1. The third-order valence-electron chi connectivity index (χ3n) is 5.72. The molecule has 14 heteroatoms. The molecule has 2 aromatic carbocycles. The first-order valence-corrected chi connectivity index (χ1v) is 12.5. The van der Waals surface area contributed by atoms with Gasteiger partial charge in [-0.3, -0.25) is 34.2 Å². The van der Waals surface area contributed by atoms with Crippen LogP contribution >= 0.6 is 11.8 Å². The molecule has 0 radical (unpaired) electrons. The highest BCUT2D eigenvalue weighted by molar-refractivity contribution is 8.18. The van der Waals surface area contributed by atoms with Crippen LogP contribution in [0.5, 0.6) is 11.5 Å². The predicted molar refractivity (Wildman–Crippen MR) is 140 cm³/mol. The van der Waals surface area contributed by atoms with Gasteiger partial charge in [-0.2, -0.15) is 0 Å². The summed E-state index contributed by atoms with van der Waals surface area (Å²) in [6, 6.07) is 10.2. The van der Waals surface area contributed by atoms with Crippen LogP contribution in [0.25, 0.3) is 6.08 Å². The van der Waals surface area contributed by atoms with Crippen molar-refractivity contribution >= 4 is 52.2 Å². The fourth-order valence-electron chi connectivity index (χ4n) is 3.77. The quantitative estimate of drug-likeness (QED) is 0.276. The van der Waals surface area contributed by atoms with Crippen LogP contribution in [0, 0.1) is 10.1 Å². The Morgan fingerprint density at radius 2 is 1.92 bits per heavy atom. The minimum absolute atomic E-state index is 0.154. The molecule has 0 aromatic heterocycles. The molecule has 13 nitrogen and oxygen atoms in total. The van der Waals surface area contributed by atoms with Gasteiger partial charge in [0, 0.05) is 30.9 Å². The number of ether oxygens (including phenoxy) is 3. The highest BCUT2D eigenvalue weighted by Gasteiger charge is 2.37. The number of hydrogen-bond acceptors (Lipinski definition) is 10. The second kappa shape index (κ2) is 12.4. The number of amides is 4. The number of methoxy groups -OCH3 is 1. The number of benzene rings is 2. The fourth-order valence-corrected chi connectivity index (χ4v) is 4.60. The van der Waals surface area contributed by atoms with E-state index in [0.717, 1.165) is 16.7 Å². The number of imide groups is 1. The molecule has 2 aromatic rings. The van der Waals surface area contributed by atoms with Gasteiger partial charge in [0.05, 0.1) is 30.2 Å². The lowest BCUT2D eigenvalue weighted by Crippen LogP contribution is -2.46. The Labute approximate surface area is 226 Å². The van der Waals surface area contributed by atoms with E-state index >= 15 is 0 Å². The van der Waals surface area contributed by atoms with Gasteiger partial charge in [0.1, 0.15) is 6.54 Å². The van der Waals surface area contributed by atoms with Crippen molar-refractivity contribution < 1.29 is 38.3 Å². The van der Waals surface area contributed by atoms with E-state index in [1.54, 1.807) is 17.0 Å². The predicted octanol–water partition coefficient (Wildman–Crippen LogP) is 2.52. The fraction of sp³-hybridized carbons (Fsp3) is 0.280. The van der Waals surface area contributed by atoms with Gasteiger partial charge in [0.2, 0.25) is 5.91 Å². The number of morpholine rings is 1. The molecule has 2 fully saturated rings. The van der Waals surface area contributed by atoms with E-state index in [-0.39, 0.29) is 40.2 Å². The van der Waals surface area contributed by atoms with E-state index in [4.69, 9.17) is 14.2 Å². The summed E-state index contributed by atoms with van der Waals surface area (Å²) in [5.41, 5.74) is 0.624. The maximum Gasteiger partial charge on any atom is 0.294 e. The molecule has 1 N–H and O–H groups in total. The molecule has 0 bridgehead atoms. The Bertz CT molecular complexity index is 1340. The van der Waals surface area contributed by atoms with Crippen LogP contribution in [0.3, 0.4) is 0 Å². The minimum atomic E-state index is -0.566. The van der Waals surface area contributed by atoms with E-state index in [1.165, 1.54) is 43.5 Å². The van der Waals surface area contributed by atoms with Crippen molar-refractivity contribution in [3.05, 3.63) is 63.0 Å². The summed E-state index contributed by atoms with van der Waals surface area (Å²) in [5.74, 6) is -0.910. The van der Waals surface area contributed by atoms with Crippen LogP contribution in [-0.4, -0.2) is 84.2 Å². The first kappa shape index (κ1) is 27.6. The number of non-ortho nitro benzene ring substituents is 1. The number of nitrogens with zero attached hydrogens (tertiary/aromatic N) is 3. The average Bonchev–Trinajstić information content (AvgIpc) is 3.19. The molecule has 2 aliphatic rings. The molecule has 39 heavy (non-hydrogen) atoms. The standard InChI is InChI=1S/C25H24N4O9S/c1-36-20-11-16(5-6-19(20)38-15-22(30)26-17-3-2-4-18(13-17)29(34)35)12-21-24(32)28(25(33)39-21)14-23(31)27-7-9-37-10-8-27/h2-6,11-13H,7-10,14-15H2,1H3,(H,26,30)/b21-12-. The second-order valence-corrected chi connectivity index (χ2v) is 9.31. The highest BCUT2D eigenvalue weighted by atomic mass is 32.2. The third kappa shape index (κ3) is 6.91. The molecule has 4 amide bonds. The molecule has 4 rings (SSSR count). The van der Waals surface area contributed by atoms with Crippen molar-refractivity contribution in [2.45, 2.75) is 0 Å². The first-order chi connectivity index (χ1) is 18.7. The van der Waals surface area contributed by atoms with Crippen LogP contribution in [-0.2, 0) is 19.1 Å². The summed E-state index contributed by atoms with van der Waals surface area (Å²) in [7, 11) is 1.40. The maximum atomic E-state index is 12.8. The van der Waals surface area contributed by atoms with E-state index in [9.17, 15) is 29.3 Å². The molecular weight excluding hydrogens is 532 g/mol. The highest BCUT2D eigenvalue weighted by Crippen LogP contribution is 2.34. The Hall–Kier alpha value is -4.43. The molecule has 204 valence electrons. The zero-order valence-electron chi connectivity index (χ0n) is 20.8. The number of hydrogen-bond donors (Lipinski definition) is 1. The molecule has 0 aliphatic carbocycles. The van der Waals surface area contributed by atoms with Crippen molar-refractivity contribution in [3.8, 4) is 11.5 Å². The molecule has 0 spiro atoms. The average molecular weight is 557 g/mol. The number of nitrogens with one attached hydrogen (secondary N) is 1. The number of nitro groups is 1. The summed E-state index contributed by atoms with van der Waals surface area (Å²) in [5, 5.41) is 12.9. The number of anilines is 1. The summed E-state index contributed by atoms with van der Waals surface area (Å²) in [4.78, 5) is 63.0. The van der Waals surface area contributed by atoms with Gasteiger partial charge >= 0.3 is 0 Å². The molecule has 2 heterocycles. The van der Waals surface area contributed by atoms with Crippen molar-refractivity contribution in [2.24, 2.45) is 0 Å². The summed E-state index contributed by atoms with van der Waals surface area (Å²) < 4.78 is 16.1. The van der Waals surface area contributed by atoms with Crippen molar-refractivity contribution in [1.29, 1.82) is 0 Å². The lowest BCUT2D eigenvalue weighted by molar-refractivity contribution is -0.384. The zero-order valence-corrected chi connectivity index (χ0v) is 21.6. The molecule has 0 unspecified atom stereocenters. The monoisotopic (exact) mass is 556 g/mol. The van der Waals surface area contributed by atoms with Gasteiger partial charge in [-0.05, 0) is 41.6 Å². The van der Waals surface area contributed by atoms with E-state index in [2.05, 4.69) is 5.32 Å². The second-order valence-electron chi connectivity index (χ2n) is 8.32. The van der Waals surface area contributed by atoms with Gasteiger partial charge in [0.25, 0.3) is 22.7 Å². The van der Waals surface area contributed by atoms with Gasteiger partial charge in [-0.25, -0.2) is 0 Å². The Morgan fingerprint density at radius 3 is 2.64 bits per heavy atom. The largest absolute Gasteiger partial charge is 0.493 e. The summed E-state index contributed by atoms with van der Waals surface area (Å²) in [6.45, 7) is 0.922. The van der Waals surface area contributed by atoms with Crippen LogP contribution in [0.15, 0.2) is 47.4 Å².